The minimum absolute atomic E-state index is 0.316. The molecule has 0 saturated heterocycles. The molecule has 0 heterocycles. The van der Waals surface area contributed by atoms with E-state index in [0.717, 1.165) is 24.0 Å². The highest BCUT2D eigenvalue weighted by atomic mass is 16.4. The minimum atomic E-state index is -0.893. The Balaban J connectivity index is 1.58. The van der Waals surface area contributed by atoms with Crippen molar-refractivity contribution in [1.29, 1.82) is 0 Å². The van der Waals surface area contributed by atoms with Crippen LogP contribution in [0.5, 0.6) is 0 Å². The van der Waals surface area contributed by atoms with Gasteiger partial charge in [0.25, 0.3) is 0 Å². The molecular formula is C25H26O2. The van der Waals surface area contributed by atoms with Crippen LogP contribution in [0.1, 0.15) is 46.8 Å². The van der Waals surface area contributed by atoms with E-state index in [4.69, 9.17) is 5.11 Å². The summed E-state index contributed by atoms with van der Waals surface area (Å²) in [5.41, 5.74) is 6.58. The maximum atomic E-state index is 10.9. The van der Waals surface area contributed by atoms with E-state index < -0.39 is 5.97 Å². The molecule has 0 unspecified atom stereocenters. The summed E-state index contributed by atoms with van der Waals surface area (Å²) in [6.07, 6.45) is 5.73. The lowest BCUT2D eigenvalue weighted by Gasteiger charge is -2.07. The molecule has 3 aromatic rings. The predicted molar refractivity (Wildman–Crippen MR) is 111 cm³/mol. The number of unbranched alkanes of at least 4 members (excludes halogenated alkanes) is 1. The monoisotopic (exact) mass is 358 g/mol. The maximum absolute atomic E-state index is 10.9. The fraction of sp³-hybridized carbons (Fsp3) is 0.240. The average Bonchev–Trinajstić information content (AvgIpc) is 2.72. The van der Waals surface area contributed by atoms with Crippen molar-refractivity contribution in [2.45, 2.75) is 39.0 Å². The van der Waals surface area contributed by atoms with E-state index in [0.29, 0.717) is 5.56 Å². The smallest absolute Gasteiger partial charge is 0.335 e. The van der Waals surface area contributed by atoms with Crippen molar-refractivity contribution >= 4 is 5.97 Å². The lowest BCUT2D eigenvalue weighted by atomic mass is 9.99. The normalized spacial score (nSPS) is 10.7. The van der Waals surface area contributed by atoms with Crippen LogP contribution in [0.2, 0.25) is 0 Å². The van der Waals surface area contributed by atoms with Crippen molar-refractivity contribution in [2.24, 2.45) is 0 Å². The topological polar surface area (TPSA) is 37.3 Å². The second-order valence-corrected chi connectivity index (χ2v) is 7.00. The highest BCUT2D eigenvalue weighted by Crippen LogP contribution is 2.21. The molecule has 0 amide bonds. The number of hydrogen-bond acceptors (Lipinski definition) is 1. The molecule has 27 heavy (non-hydrogen) atoms. The number of rotatable bonds is 8. The number of carboxylic acids is 1. The molecule has 3 rings (SSSR count). The maximum Gasteiger partial charge on any atom is 0.335 e. The van der Waals surface area contributed by atoms with Gasteiger partial charge in [0, 0.05) is 0 Å². The fourth-order valence-electron chi connectivity index (χ4n) is 3.21. The zero-order valence-corrected chi connectivity index (χ0v) is 15.8. The van der Waals surface area contributed by atoms with Gasteiger partial charge in [-0.05, 0) is 65.6 Å². The van der Waals surface area contributed by atoms with E-state index in [1.165, 1.54) is 36.0 Å². The van der Waals surface area contributed by atoms with Gasteiger partial charge in [-0.25, -0.2) is 4.79 Å². The Morgan fingerprint density at radius 1 is 0.667 bits per heavy atom. The molecule has 0 spiro atoms. The van der Waals surface area contributed by atoms with E-state index in [9.17, 15) is 4.79 Å². The lowest BCUT2D eigenvalue weighted by molar-refractivity contribution is 0.0697. The Hall–Kier alpha value is -2.87. The third-order valence-corrected chi connectivity index (χ3v) is 4.96. The molecule has 0 fully saturated rings. The summed E-state index contributed by atoms with van der Waals surface area (Å²) in [5.74, 6) is -0.893. The highest BCUT2D eigenvalue weighted by molar-refractivity contribution is 5.88. The number of benzene rings is 3. The van der Waals surface area contributed by atoms with Crippen LogP contribution in [0.25, 0.3) is 11.1 Å². The quantitative estimate of drug-likeness (QED) is 0.522. The predicted octanol–water partition coefficient (Wildman–Crippen LogP) is 6.18. The van der Waals surface area contributed by atoms with Gasteiger partial charge in [-0.3, -0.25) is 0 Å². The number of aryl methyl sites for hydroxylation is 3. The van der Waals surface area contributed by atoms with E-state index in [-0.39, 0.29) is 0 Å². The molecule has 0 bridgehead atoms. The number of aromatic carboxylic acids is 1. The first-order chi connectivity index (χ1) is 13.2. The molecular weight excluding hydrogens is 332 g/mol. The molecule has 0 aliphatic heterocycles. The molecule has 0 aliphatic rings. The van der Waals surface area contributed by atoms with Gasteiger partial charge < -0.3 is 5.11 Å². The van der Waals surface area contributed by atoms with E-state index >= 15 is 0 Å². The van der Waals surface area contributed by atoms with Gasteiger partial charge in [0.05, 0.1) is 5.56 Å². The van der Waals surface area contributed by atoms with Gasteiger partial charge >= 0.3 is 5.97 Å². The second kappa shape index (κ2) is 9.18. The van der Waals surface area contributed by atoms with E-state index in [2.05, 4.69) is 55.5 Å². The van der Waals surface area contributed by atoms with Gasteiger partial charge in [0.2, 0.25) is 0 Å². The Labute approximate surface area is 161 Å². The van der Waals surface area contributed by atoms with Gasteiger partial charge in [-0.2, -0.15) is 0 Å². The first-order valence-corrected chi connectivity index (χ1v) is 9.66. The summed E-state index contributed by atoms with van der Waals surface area (Å²) in [5, 5.41) is 8.99. The molecule has 2 heteroatoms. The van der Waals surface area contributed by atoms with Crippen LogP contribution in [-0.2, 0) is 19.3 Å². The average molecular weight is 358 g/mol. The lowest BCUT2D eigenvalue weighted by Crippen LogP contribution is -1.95. The van der Waals surface area contributed by atoms with E-state index in [1.54, 1.807) is 12.1 Å². The van der Waals surface area contributed by atoms with Gasteiger partial charge in [-0.15, -0.1) is 0 Å². The Morgan fingerprint density at radius 2 is 1.07 bits per heavy atom. The van der Waals surface area contributed by atoms with Crippen molar-refractivity contribution in [3.8, 4) is 11.1 Å². The van der Waals surface area contributed by atoms with Crippen LogP contribution in [0, 0.1) is 0 Å². The van der Waals surface area contributed by atoms with Crippen molar-refractivity contribution in [2.75, 3.05) is 0 Å². The Kier molecular flexibility index (Phi) is 6.43. The van der Waals surface area contributed by atoms with Gasteiger partial charge in [-0.1, -0.05) is 74.0 Å². The summed E-state index contributed by atoms with van der Waals surface area (Å²) >= 11 is 0. The van der Waals surface area contributed by atoms with Crippen LogP contribution < -0.4 is 0 Å². The van der Waals surface area contributed by atoms with Crippen molar-refractivity contribution in [3.63, 3.8) is 0 Å². The van der Waals surface area contributed by atoms with Crippen LogP contribution >= 0.6 is 0 Å². The van der Waals surface area contributed by atoms with Crippen LogP contribution in [0.4, 0.5) is 0 Å². The third kappa shape index (κ3) is 5.30. The second-order valence-electron chi connectivity index (χ2n) is 7.00. The molecule has 3 aromatic carbocycles. The van der Waals surface area contributed by atoms with Crippen molar-refractivity contribution in [3.05, 3.63) is 95.1 Å². The van der Waals surface area contributed by atoms with Gasteiger partial charge in [0.15, 0.2) is 0 Å². The zero-order valence-electron chi connectivity index (χ0n) is 15.8. The minimum Gasteiger partial charge on any atom is -0.478 e. The molecule has 2 nitrogen and oxygen atoms in total. The Morgan fingerprint density at radius 3 is 1.52 bits per heavy atom. The zero-order chi connectivity index (χ0) is 19.1. The fourth-order valence-corrected chi connectivity index (χ4v) is 3.21. The molecule has 0 aromatic heterocycles. The summed E-state index contributed by atoms with van der Waals surface area (Å²) in [4.78, 5) is 10.9. The first kappa shape index (κ1) is 18.9. The Bertz CT molecular complexity index is 860. The van der Waals surface area contributed by atoms with Crippen molar-refractivity contribution in [1.82, 2.24) is 0 Å². The van der Waals surface area contributed by atoms with E-state index in [1.807, 2.05) is 12.1 Å². The van der Waals surface area contributed by atoms with Crippen molar-refractivity contribution < 1.29 is 9.90 Å². The summed E-state index contributed by atoms with van der Waals surface area (Å²) in [6.45, 7) is 2.23. The first-order valence-electron chi connectivity index (χ1n) is 9.66. The molecule has 138 valence electrons. The molecule has 0 aliphatic carbocycles. The summed E-state index contributed by atoms with van der Waals surface area (Å²) in [6, 6.07) is 24.6. The molecule has 0 radical (unpaired) electrons. The highest BCUT2D eigenvalue weighted by Gasteiger charge is 2.04. The molecule has 1 N–H and O–H groups in total. The summed E-state index contributed by atoms with van der Waals surface area (Å²) < 4.78 is 0. The van der Waals surface area contributed by atoms with Crippen LogP contribution in [0.15, 0.2) is 72.8 Å². The molecule has 0 saturated carbocycles. The molecule has 0 atom stereocenters. The number of carboxylic acid groups (broad SMARTS) is 1. The van der Waals surface area contributed by atoms with Crippen LogP contribution in [-0.4, -0.2) is 11.1 Å². The third-order valence-electron chi connectivity index (χ3n) is 4.96. The largest absolute Gasteiger partial charge is 0.478 e. The summed E-state index contributed by atoms with van der Waals surface area (Å²) in [7, 11) is 0. The van der Waals surface area contributed by atoms with Gasteiger partial charge in [0.1, 0.15) is 0 Å². The SMILES string of the molecule is CCCCc1ccc(CCc2ccc(-c3ccc(C(=O)O)cc3)cc2)cc1. The van der Waals surface area contributed by atoms with Crippen LogP contribution in [0.3, 0.4) is 0 Å². The standard InChI is InChI=1S/C25H26O2/c1-2-3-4-19-5-7-20(8-6-19)9-10-21-11-13-22(14-12-21)23-15-17-24(18-16-23)25(26)27/h5-8,11-18H,2-4,9-10H2,1H3,(H,26,27). The number of hydrogen-bond donors (Lipinski definition) is 1. The number of carbonyl (C=O) groups is 1.